The monoisotopic (exact) mass is 464 g/mol. The number of nitro benzene ring substituents is 1. The van der Waals surface area contributed by atoms with Crippen LogP contribution in [-0.2, 0) is 0 Å². The second-order valence-electron chi connectivity index (χ2n) is 8.53. The van der Waals surface area contributed by atoms with Crippen LogP contribution in [0.3, 0.4) is 0 Å². The van der Waals surface area contributed by atoms with E-state index in [1.807, 2.05) is 24.3 Å². The zero-order chi connectivity index (χ0) is 24.7. The number of ketones is 1. The molecule has 2 aliphatic heterocycles. The van der Waals surface area contributed by atoms with E-state index in [2.05, 4.69) is 12.1 Å². The van der Waals surface area contributed by atoms with Gasteiger partial charge in [-0.05, 0) is 47.0 Å². The molecule has 7 nitrogen and oxygen atoms in total. The van der Waals surface area contributed by atoms with Crippen LogP contribution in [0.25, 0.3) is 6.08 Å². The largest absolute Gasteiger partial charge is 0.360 e. The molecule has 1 saturated heterocycles. The Morgan fingerprint density at radius 2 is 1.74 bits per heavy atom. The maximum absolute atomic E-state index is 13.9. The Bertz CT molecular complexity index is 1450. The summed E-state index contributed by atoms with van der Waals surface area (Å²) in [5.74, 6) is -2.24. The lowest BCUT2D eigenvalue weighted by Gasteiger charge is -2.35. The molecular formula is C27H17FN4O3. The molecule has 1 fully saturated rings. The second kappa shape index (κ2) is 8.19. The fourth-order valence-corrected chi connectivity index (χ4v) is 5.27. The van der Waals surface area contributed by atoms with Gasteiger partial charge in [-0.25, -0.2) is 4.39 Å². The maximum atomic E-state index is 13.9. The Morgan fingerprint density at radius 1 is 1.03 bits per heavy atom. The molecule has 5 rings (SSSR count). The van der Waals surface area contributed by atoms with Crippen LogP contribution in [0.1, 0.15) is 39.1 Å². The van der Waals surface area contributed by atoms with Crippen LogP contribution >= 0.6 is 0 Å². The van der Waals surface area contributed by atoms with Crippen molar-refractivity contribution in [3.63, 3.8) is 0 Å². The third kappa shape index (κ3) is 3.27. The third-order valence-corrected chi connectivity index (χ3v) is 6.78. The molecule has 0 aromatic heterocycles. The number of fused-ring (bicyclic) bond motifs is 3. The fourth-order valence-electron chi connectivity index (χ4n) is 5.27. The highest BCUT2D eigenvalue weighted by Gasteiger charge is 2.64. The smallest absolute Gasteiger partial charge is 0.269 e. The van der Waals surface area contributed by atoms with Crippen molar-refractivity contribution >= 4 is 17.5 Å². The Balaban J connectivity index is 1.78. The van der Waals surface area contributed by atoms with Crippen LogP contribution in [0.15, 0.2) is 79.0 Å². The van der Waals surface area contributed by atoms with E-state index in [0.717, 1.165) is 17.7 Å². The summed E-state index contributed by atoms with van der Waals surface area (Å²) < 4.78 is 13.6. The van der Waals surface area contributed by atoms with E-state index in [4.69, 9.17) is 0 Å². The number of benzene rings is 3. The summed E-state index contributed by atoms with van der Waals surface area (Å²) in [6.07, 6.45) is 3.57. The molecule has 0 radical (unpaired) electrons. The van der Waals surface area contributed by atoms with Gasteiger partial charge in [0, 0.05) is 23.9 Å². The van der Waals surface area contributed by atoms with E-state index < -0.39 is 39.9 Å². The van der Waals surface area contributed by atoms with Gasteiger partial charge in [0.05, 0.1) is 35.1 Å². The zero-order valence-electron chi connectivity index (χ0n) is 18.2. The van der Waals surface area contributed by atoms with Crippen molar-refractivity contribution in [2.24, 2.45) is 11.3 Å². The minimum absolute atomic E-state index is 0.152. The average molecular weight is 464 g/mol. The van der Waals surface area contributed by atoms with Crippen molar-refractivity contribution in [1.29, 1.82) is 10.5 Å². The minimum atomic E-state index is -1.82. The number of nitro groups is 1. The summed E-state index contributed by atoms with van der Waals surface area (Å²) in [5.41, 5.74) is 0.126. The molecular weight excluding hydrogens is 447 g/mol. The normalized spacial score (nSPS) is 21.3. The van der Waals surface area contributed by atoms with Crippen LogP contribution in [-0.4, -0.2) is 15.6 Å². The first kappa shape index (κ1) is 22.0. The number of nitrogens with zero attached hydrogens (tertiary/aromatic N) is 4. The molecule has 3 aromatic carbocycles. The number of nitriles is 2. The molecule has 170 valence electrons. The second-order valence-corrected chi connectivity index (χ2v) is 8.53. The topological polar surface area (TPSA) is 111 Å². The SMILES string of the molecule is N#CC1(C#N)C(C(=O)c2ccc(F)cc2)C(c2cccc([N+](=O)[O-])c2)N2C=Cc3ccccc3C21. The van der Waals surface area contributed by atoms with Crippen molar-refractivity contribution in [2.75, 3.05) is 0 Å². The Labute approximate surface area is 200 Å². The standard InChI is InChI=1S/C27H17FN4O3/c28-20-10-8-18(9-11-20)25(33)23-24(19-5-3-6-21(14-19)32(34)35)31-13-12-17-4-1-2-7-22(17)26(31)27(23,15-29)16-30/h1-14,23-24,26H. The summed E-state index contributed by atoms with van der Waals surface area (Å²) >= 11 is 0. The lowest BCUT2D eigenvalue weighted by molar-refractivity contribution is -0.385. The number of Topliss-reactive ketones (excluding diaryl/α,β-unsaturated/α-hetero) is 1. The Morgan fingerprint density at radius 3 is 2.43 bits per heavy atom. The number of carbonyl (C=O) groups excluding carboxylic acids is 1. The van der Waals surface area contributed by atoms with Crippen molar-refractivity contribution in [1.82, 2.24) is 4.90 Å². The Kier molecular flexibility index (Phi) is 5.15. The number of hydrogen-bond donors (Lipinski definition) is 0. The fraction of sp³-hybridized carbons (Fsp3) is 0.148. The van der Waals surface area contributed by atoms with Crippen molar-refractivity contribution in [3.05, 3.63) is 117 Å². The van der Waals surface area contributed by atoms with Crippen molar-refractivity contribution in [3.8, 4) is 12.1 Å². The van der Waals surface area contributed by atoms with Gasteiger partial charge in [0.25, 0.3) is 5.69 Å². The van der Waals surface area contributed by atoms with Crippen molar-refractivity contribution < 1.29 is 14.1 Å². The molecule has 0 aliphatic carbocycles. The zero-order valence-corrected chi connectivity index (χ0v) is 18.2. The first-order valence-electron chi connectivity index (χ1n) is 10.8. The number of non-ortho nitro benzene ring substituents is 1. The summed E-state index contributed by atoms with van der Waals surface area (Å²) in [6.45, 7) is 0. The molecule has 0 N–H and O–H groups in total. The van der Waals surface area contributed by atoms with E-state index >= 15 is 0 Å². The van der Waals surface area contributed by atoms with E-state index in [-0.39, 0.29) is 11.3 Å². The lowest BCUT2D eigenvalue weighted by atomic mass is 9.67. The summed E-state index contributed by atoms with van der Waals surface area (Å²) in [4.78, 5) is 26.7. The van der Waals surface area contributed by atoms with Gasteiger partial charge in [-0.2, -0.15) is 10.5 Å². The lowest BCUT2D eigenvalue weighted by Crippen LogP contribution is -2.35. The van der Waals surface area contributed by atoms with Crippen LogP contribution in [0.5, 0.6) is 0 Å². The number of rotatable bonds is 4. The van der Waals surface area contributed by atoms with Crippen LogP contribution in [0.4, 0.5) is 10.1 Å². The molecule has 2 heterocycles. The van der Waals surface area contributed by atoms with Gasteiger partial charge in [-0.1, -0.05) is 36.4 Å². The quantitative estimate of drug-likeness (QED) is 0.292. The van der Waals surface area contributed by atoms with E-state index in [1.54, 1.807) is 23.2 Å². The van der Waals surface area contributed by atoms with Gasteiger partial charge in [0.1, 0.15) is 5.82 Å². The van der Waals surface area contributed by atoms with E-state index in [1.165, 1.54) is 30.3 Å². The van der Waals surface area contributed by atoms with E-state index in [9.17, 15) is 29.8 Å². The van der Waals surface area contributed by atoms with Crippen LogP contribution in [0.2, 0.25) is 0 Å². The van der Waals surface area contributed by atoms with Gasteiger partial charge in [0.15, 0.2) is 11.2 Å². The van der Waals surface area contributed by atoms with E-state index in [0.29, 0.717) is 11.1 Å². The predicted octanol–water partition coefficient (Wildman–Crippen LogP) is 5.35. The van der Waals surface area contributed by atoms with Crippen molar-refractivity contribution in [2.45, 2.75) is 12.1 Å². The average Bonchev–Trinajstić information content (AvgIpc) is 3.20. The molecule has 0 bridgehead atoms. The minimum Gasteiger partial charge on any atom is -0.360 e. The number of hydrogen-bond acceptors (Lipinski definition) is 6. The number of halogens is 1. The molecule has 35 heavy (non-hydrogen) atoms. The maximum Gasteiger partial charge on any atom is 0.269 e. The molecule has 8 heteroatoms. The molecule has 3 atom stereocenters. The summed E-state index contributed by atoms with van der Waals surface area (Å²) in [7, 11) is 0. The van der Waals surface area contributed by atoms with Crippen LogP contribution < -0.4 is 0 Å². The molecule has 0 spiro atoms. The molecule has 3 aromatic rings. The molecule has 2 aliphatic rings. The van der Waals surface area contributed by atoms with Gasteiger partial charge in [-0.3, -0.25) is 14.9 Å². The summed E-state index contributed by atoms with van der Waals surface area (Å²) in [6, 6.07) is 20.8. The molecule has 0 amide bonds. The van der Waals surface area contributed by atoms with Gasteiger partial charge in [0.2, 0.25) is 0 Å². The highest BCUT2D eigenvalue weighted by molar-refractivity contribution is 6.00. The number of carbonyl (C=O) groups is 1. The summed E-state index contributed by atoms with van der Waals surface area (Å²) in [5, 5.41) is 32.4. The molecule has 3 unspecified atom stereocenters. The first-order chi connectivity index (χ1) is 16.9. The van der Waals surface area contributed by atoms with Gasteiger partial charge >= 0.3 is 0 Å². The molecule has 0 saturated carbocycles. The van der Waals surface area contributed by atoms with Gasteiger partial charge < -0.3 is 4.90 Å². The van der Waals surface area contributed by atoms with Gasteiger partial charge in [-0.15, -0.1) is 0 Å². The highest BCUT2D eigenvalue weighted by atomic mass is 19.1. The van der Waals surface area contributed by atoms with Crippen LogP contribution in [0, 0.1) is 49.9 Å². The predicted molar refractivity (Wildman–Crippen MR) is 124 cm³/mol. The Hall–Kier alpha value is -4.82. The first-order valence-corrected chi connectivity index (χ1v) is 10.8. The highest BCUT2D eigenvalue weighted by Crippen LogP contribution is 2.61. The third-order valence-electron chi connectivity index (χ3n) is 6.78.